The van der Waals surface area contributed by atoms with Gasteiger partial charge in [-0.2, -0.15) is 0 Å². The van der Waals surface area contributed by atoms with Gasteiger partial charge < -0.3 is 9.47 Å². The van der Waals surface area contributed by atoms with Gasteiger partial charge in [-0.05, 0) is 37.3 Å². The predicted molar refractivity (Wildman–Crippen MR) is 91.3 cm³/mol. The van der Waals surface area contributed by atoms with Gasteiger partial charge in [0.05, 0.1) is 17.3 Å². The van der Waals surface area contributed by atoms with Gasteiger partial charge >= 0.3 is 0 Å². The lowest BCUT2D eigenvalue weighted by Gasteiger charge is -2.15. The fraction of sp³-hybridized carbons (Fsp3) is 0.176. The van der Waals surface area contributed by atoms with Crippen LogP contribution in [-0.2, 0) is 4.79 Å². The quantitative estimate of drug-likeness (QED) is 0.762. The first-order valence-corrected chi connectivity index (χ1v) is 8.05. The van der Waals surface area contributed by atoms with E-state index in [2.05, 4.69) is 10.3 Å². The van der Waals surface area contributed by atoms with Crippen molar-refractivity contribution in [2.24, 2.45) is 0 Å². The van der Waals surface area contributed by atoms with Gasteiger partial charge in [-0.25, -0.2) is 9.37 Å². The molecule has 24 heavy (non-hydrogen) atoms. The van der Waals surface area contributed by atoms with Gasteiger partial charge in [-0.3, -0.25) is 10.1 Å². The maximum Gasteiger partial charge on any atom is 0.266 e. The van der Waals surface area contributed by atoms with Gasteiger partial charge in [0.25, 0.3) is 5.91 Å². The third kappa shape index (κ3) is 3.46. The van der Waals surface area contributed by atoms with Crippen molar-refractivity contribution in [3.63, 3.8) is 0 Å². The van der Waals surface area contributed by atoms with E-state index < -0.39 is 6.10 Å². The summed E-state index contributed by atoms with van der Waals surface area (Å²) in [6.45, 7) is 1.63. The molecule has 7 heteroatoms. The zero-order valence-corrected chi connectivity index (χ0v) is 13.9. The summed E-state index contributed by atoms with van der Waals surface area (Å²) in [6.07, 6.45) is -0.745. The Hall–Kier alpha value is -2.67. The van der Waals surface area contributed by atoms with Gasteiger partial charge in [0, 0.05) is 0 Å². The lowest BCUT2D eigenvalue weighted by atomic mass is 10.3. The number of carbonyl (C=O) groups excluding carboxylic acids is 1. The number of methoxy groups -OCH3 is 1. The SMILES string of the molecule is COc1ccccc1OC(C)C(=O)Nc1nc2ccc(F)cc2s1. The second-order valence-corrected chi connectivity index (χ2v) is 6.06. The van der Waals surface area contributed by atoms with Crippen LogP contribution in [-0.4, -0.2) is 24.1 Å². The van der Waals surface area contributed by atoms with Crippen LogP contribution >= 0.6 is 11.3 Å². The van der Waals surface area contributed by atoms with E-state index in [1.54, 1.807) is 31.2 Å². The highest BCUT2D eigenvalue weighted by Gasteiger charge is 2.18. The minimum absolute atomic E-state index is 0.336. The van der Waals surface area contributed by atoms with Crippen molar-refractivity contribution in [2.45, 2.75) is 13.0 Å². The van der Waals surface area contributed by atoms with Crippen molar-refractivity contribution in [3.8, 4) is 11.5 Å². The van der Waals surface area contributed by atoms with Crippen LogP contribution in [0.5, 0.6) is 11.5 Å². The lowest BCUT2D eigenvalue weighted by molar-refractivity contribution is -0.122. The van der Waals surface area contributed by atoms with Crippen LogP contribution in [0.2, 0.25) is 0 Å². The van der Waals surface area contributed by atoms with E-state index in [4.69, 9.17) is 9.47 Å². The van der Waals surface area contributed by atoms with Crippen molar-refractivity contribution in [1.82, 2.24) is 4.98 Å². The highest BCUT2D eigenvalue weighted by molar-refractivity contribution is 7.22. The van der Waals surface area contributed by atoms with E-state index in [1.807, 2.05) is 6.07 Å². The van der Waals surface area contributed by atoms with Crippen LogP contribution in [0.3, 0.4) is 0 Å². The molecule has 2 aromatic carbocycles. The summed E-state index contributed by atoms with van der Waals surface area (Å²) in [7, 11) is 1.53. The first-order chi connectivity index (χ1) is 11.6. The molecule has 0 saturated carbocycles. The molecule has 0 fully saturated rings. The number of halogens is 1. The number of thiazole rings is 1. The second-order valence-electron chi connectivity index (χ2n) is 5.03. The number of nitrogens with zero attached hydrogens (tertiary/aromatic N) is 1. The number of hydrogen-bond donors (Lipinski definition) is 1. The van der Waals surface area contributed by atoms with E-state index in [1.165, 1.54) is 30.6 Å². The molecule has 0 saturated heterocycles. The second kappa shape index (κ2) is 6.84. The maximum atomic E-state index is 13.2. The number of anilines is 1. The minimum Gasteiger partial charge on any atom is -0.493 e. The Labute approximate surface area is 142 Å². The highest BCUT2D eigenvalue weighted by atomic mass is 32.1. The van der Waals surface area contributed by atoms with E-state index in [9.17, 15) is 9.18 Å². The number of nitrogens with one attached hydrogen (secondary N) is 1. The number of carbonyl (C=O) groups is 1. The topological polar surface area (TPSA) is 60.5 Å². The molecule has 1 heterocycles. The highest BCUT2D eigenvalue weighted by Crippen LogP contribution is 2.28. The molecule has 0 spiro atoms. The third-order valence-electron chi connectivity index (χ3n) is 3.32. The fourth-order valence-corrected chi connectivity index (χ4v) is 3.01. The summed E-state index contributed by atoms with van der Waals surface area (Å²) < 4.78 is 24.7. The number of fused-ring (bicyclic) bond motifs is 1. The standard InChI is InChI=1S/C17H15FN2O3S/c1-10(23-14-6-4-3-5-13(14)22-2)16(21)20-17-19-12-8-7-11(18)9-15(12)24-17/h3-10H,1-2H3,(H,19,20,21). The molecule has 0 aliphatic heterocycles. The molecule has 1 unspecified atom stereocenters. The molecule has 1 atom stereocenters. The summed E-state index contributed by atoms with van der Waals surface area (Å²) in [5.41, 5.74) is 0.634. The van der Waals surface area contributed by atoms with Gasteiger partial charge in [0.15, 0.2) is 22.7 Å². The average molecular weight is 346 g/mol. The third-order valence-corrected chi connectivity index (χ3v) is 4.26. The maximum absolute atomic E-state index is 13.2. The number of hydrogen-bond acceptors (Lipinski definition) is 5. The van der Waals surface area contributed by atoms with E-state index >= 15 is 0 Å². The fourth-order valence-electron chi connectivity index (χ4n) is 2.12. The Bertz CT molecular complexity index is 881. The van der Waals surface area contributed by atoms with Crippen LogP contribution in [0.4, 0.5) is 9.52 Å². The smallest absolute Gasteiger partial charge is 0.266 e. The molecular weight excluding hydrogens is 331 g/mol. The average Bonchev–Trinajstić information content (AvgIpc) is 2.96. The van der Waals surface area contributed by atoms with Crippen LogP contribution in [0.25, 0.3) is 10.2 Å². The molecule has 124 valence electrons. The van der Waals surface area contributed by atoms with Gasteiger partial charge in [0.2, 0.25) is 0 Å². The molecule has 3 rings (SSSR count). The Morgan fingerprint density at radius 1 is 1.25 bits per heavy atom. The largest absolute Gasteiger partial charge is 0.493 e. The number of aromatic nitrogens is 1. The Morgan fingerprint density at radius 2 is 2.00 bits per heavy atom. The van der Waals surface area contributed by atoms with Crippen LogP contribution in [0.1, 0.15) is 6.92 Å². The molecule has 0 bridgehead atoms. The Balaban J connectivity index is 1.71. The van der Waals surface area contributed by atoms with Crippen molar-refractivity contribution in [2.75, 3.05) is 12.4 Å². The first-order valence-electron chi connectivity index (χ1n) is 7.23. The Morgan fingerprint density at radius 3 is 2.75 bits per heavy atom. The predicted octanol–water partition coefficient (Wildman–Crippen LogP) is 3.85. The van der Waals surface area contributed by atoms with E-state index in [0.717, 1.165) is 0 Å². The Kier molecular flexibility index (Phi) is 4.61. The first kappa shape index (κ1) is 16.2. The molecule has 5 nitrogen and oxygen atoms in total. The number of para-hydroxylation sites is 2. The molecule has 1 amide bonds. The van der Waals surface area contributed by atoms with Crippen LogP contribution < -0.4 is 14.8 Å². The minimum atomic E-state index is -0.745. The van der Waals surface area contributed by atoms with Crippen molar-refractivity contribution in [3.05, 3.63) is 48.3 Å². The molecule has 0 aliphatic carbocycles. The lowest BCUT2D eigenvalue weighted by Crippen LogP contribution is -2.30. The van der Waals surface area contributed by atoms with E-state index in [0.29, 0.717) is 26.8 Å². The normalized spacial score (nSPS) is 12.0. The van der Waals surface area contributed by atoms with Crippen LogP contribution in [0.15, 0.2) is 42.5 Å². The molecule has 3 aromatic rings. The van der Waals surface area contributed by atoms with E-state index in [-0.39, 0.29) is 11.7 Å². The molecule has 1 aromatic heterocycles. The van der Waals surface area contributed by atoms with Crippen molar-refractivity contribution >= 4 is 32.6 Å². The number of ether oxygens (including phenoxy) is 2. The monoisotopic (exact) mass is 346 g/mol. The van der Waals surface area contributed by atoms with Crippen molar-refractivity contribution < 1.29 is 18.7 Å². The molecule has 0 aliphatic rings. The molecule has 0 radical (unpaired) electrons. The summed E-state index contributed by atoms with van der Waals surface area (Å²) in [5, 5.41) is 3.09. The van der Waals surface area contributed by atoms with Gasteiger partial charge in [-0.15, -0.1) is 0 Å². The zero-order chi connectivity index (χ0) is 17.1. The number of amides is 1. The zero-order valence-electron chi connectivity index (χ0n) is 13.1. The molecular formula is C17H15FN2O3S. The summed E-state index contributed by atoms with van der Waals surface area (Å²) in [5.74, 6) is 0.346. The number of rotatable bonds is 5. The van der Waals surface area contributed by atoms with Gasteiger partial charge in [0.1, 0.15) is 5.82 Å². The summed E-state index contributed by atoms with van der Waals surface area (Å²) in [4.78, 5) is 16.5. The molecule has 1 N–H and O–H groups in total. The summed E-state index contributed by atoms with van der Waals surface area (Å²) >= 11 is 1.21. The van der Waals surface area contributed by atoms with Crippen molar-refractivity contribution in [1.29, 1.82) is 0 Å². The summed E-state index contributed by atoms with van der Waals surface area (Å²) in [6, 6.07) is 11.4. The number of benzene rings is 2. The van der Waals surface area contributed by atoms with Gasteiger partial charge in [-0.1, -0.05) is 23.5 Å². The van der Waals surface area contributed by atoms with Crippen LogP contribution in [0, 0.1) is 5.82 Å².